The Bertz CT molecular complexity index is 959. The number of nitrogens with zero attached hydrogens (tertiary/aromatic N) is 4. The summed E-state index contributed by atoms with van der Waals surface area (Å²) in [5.41, 5.74) is 4.15. The van der Waals surface area contributed by atoms with Crippen molar-refractivity contribution in [1.82, 2.24) is 24.9 Å². The average Bonchev–Trinajstić information content (AvgIpc) is 3.24. The number of hydrogen-bond donors (Lipinski definition) is 2. The molecule has 0 atom stereocenters. The van der Waals surface area contributed by atoms with E-state index in [0.29, 0.717) is 12.1 Å². The van der Waals surface area contributed by atoms with Crippen LogP contribution in [0.1, 0.15) is 33.7 Å². The summed E-state index contributed by atoms with van der Waals surface area (Å²) in [5, 5.41) is 20.2. The predicted molar refractivity (Wildman–Crippen MR) is 98.7 cm³/mol. The number of nitrogens with one attached hydrogen (secondary N) is 1. The number of carboxylic acids is 1. The van der Waals surface area contributed by atoms with E-state index in [4.69, 9.17) is 5.11 Å². The highest BCUT2D eigenvalue weighted by molar-refractivity contribution is 5.93. The Labute approximate surface area is 156 Å². The number of carbonyl (C=O) groups is 2. The summed E-state index contributed by atoms with van der Waals surface area (Å²) in [6.07, 6.45) is 2.94. The van der Waals surface area contributed by atoms with Crippen molar-refractivity contribution in [3.63, 3.8) is 0 Å². The molecule has 0 spiro atoms. The molecule has 2 aromatic heterocycles. The number of carboxylic acid groups (broad SMARTS) is 1. The fourth-order valence-electron chi connectivity index (χ4n) is 2.84. The van der Waals surface area contributed by atoms with Gasteiger partial charge in [0.2, 0.25) is 0 Å². The molecule has 3 aromatic rings. The SMILES string of the molecule is Cc1nn(-c2ccccc2)c(C)c1CNC(=O)c1cnn(CCC(=O)O)c1. The Balaban J connectivity index is 1.67. The quantitative estimate of drug-likeness (QED) is 0.666. The predicted octanol–water partition coefficient (Wildman–Crippen LogP) is 2.09. The molecule has 0 aliphatic rings. The summed E-state index contributed by atoms with van der Waals surface area (Å²) in [5.74, 6) is -1.17. The van der Waals surface area contributed by atoms with Gasteiger partial charge >= 0.3 is 5.97 Å². The molecule has 2 N–H and O–H groups in total. The molecule has 3 rings (SSSR count). The zero-order valence-corrected chi connectivity index (χ0v) is 15.2. The fourth-order valence-corrected chi connectivity index (χ4v) is 2.84. The Morgan fingerprint density at radius 3 is 2.63 bits per heavy atom. The van der Waals surface area contributed by atoms with Crippen LogP contribution < -0.4 is 5.32 Å². The van der Waals surface area contributed by atoms with Crippen molar-refractivity contribution in [1.29, 1.82) is 0 Å². The van der Waals surface area contributed by atoms with Gasteiger partial charge in [0.1, 0.15) is 0 Å². The van der Waals surface area contributed by atoms with Gasteiger partial charge in [-0.3, -0.25) is 14.3 Å². The van der Waals surface area contributed by atoms with Gasteiger partial charge < -0.3 is 10.4 Å². The number of para-hydroxylation sites is 1. The first-order chi connectivity index (χ1) is 13.0. The molecular formula is C19H21N5O3. The van der Waals surface area contributed by atoms with Gasteiger partial charge in [-0.2, -0.15) is 10.2 Å². The van der Waals surface area contributed by atoms with Gasteiger partial charge in [0, 0.05) is 24.0 Å². The summed E-state index contributed by atoms with van der Waals surface area (Å²) in [6, 6.07) is 9.82. The van der Waals surface area contributed by atoms with Crippen molar-refractivity contribution in [2.75, 3.05) is 0 Å². The zero-order chi connectivity index (χ0) is 19.4. The maximum Gasteiger partial charge on any atom is 0.305 e. The highest BCUT2D eigenvalue weighted by Gasteiger charge is 2.15. The lowest BCUT2D eigenvalue weighted by atomic mass is 10.2. The van der Waals surface area contributed by atoms with Crippen molar-refractivity contribution in [2.45, 2.75) is 33.4 Å². The second-order valence-corrected chi connectivity index (χ2v) is 6.22. The van der Waals surface area contributed by atoms with Crippen molar-refractivity contribution in [2.24, 2.45) is 0 Å². The second-order valence-electron chi connectivity index (χ2n) is 6.22. The third-order valence-corrected chi connectivity index (χ3v) is 4.32. The van der Waals surface area contributed by atoms with Crippen LogP contribution in [0.4, 0.5) is 0 Å². The second kappa shape index (κ2) is 7.86. The molecule has 1 amide bonds. The van der Waals surface area contributed by atoms with E-state index in [-0.39, 0.29) is 18.9 Å². The molecule has 0 radical (unpaired) electrons. The molecule has 0 fully saturated rings. The highest BCUT2D eigenvalue weighted by atomic mass is 16.4. The summed E-state index contributed by atoms with van der Waals surface area (Å²) in [6.45, 7) is 4.46. The third-order valence-electron chi connectivity index (χ3n) is 4.32. The van der Waals surface area contributed by atoms with Crippen LogP contribution in [0.15, 0.2) is 42.7 Å². The normalized spacial score (nSPS) is 10.7. The Kier molecular flexibility index (Phi) is 5.35. The van der Waals surface area contributed by atoms with Crippen molar-refractivity contribution in [3.05, 3.63) is 65.2 Å². The molecule has 8 heteroatoms. The number of amides is 1. The van der Waals surface area contributed by atoms with Crippen LogP contribution in [0.2, 0.25) is 0 Å². The fraction of sp³-hybridized carbons (Fsp3) is 0.263. The maximum atomic E-state index is 12.4. The van der Waals surface area contributed by atoms with E-state index in [1.807, 2.05) is 48.9 Å². The Morgan fingerprint density at radius 1 is 1.19 bits per heavy atom. The maximum absolute atomic E-state index is 12.4. The van der Waals surface area contributed by atoms with Gasteiger partial charge in [-0.05, 0) is 26.0 Å². The van der Waals surface area contributed by atoms with Crippen LogP contribution in [0.25, 0.3) is 5.69 Å². The van der Waals surface area contributed by atoms with Crippen LogP contribution >= 0.6 is 0 Å². The summed E-state index contributed by atoms with van der Waals surface area (Å²) in [4.78, 5) is 23.0. The summed E-state index contributed by atoms with van der Waals surface area (Å²) < 4.78 is 3.31. The lowest BCUT2D eigenvalue weighted by molar-refractivity contribution is -0.137. The molecule has 0 saturated carbocycles. The van der Waals surface area contributed by atoms with E-state index in [1.54, 1.807) is 6.20 Å². The zero-order valence-electron chi connectivity index (χ0n) is 15.2. The minimum atomic E-state index is -0.905. The molecule has 0 aliphatic heterocycles. The summed E-state index contributed by atoms with van der Waals surface area (Å²) in [7, 11) is 0. The number of rotatable bonds is 7. The molecular weight excluding hydrogens is 346 g/mol. The smallest absolute Gasteiger partial charge is 0.305 e. The van der Waals surface area contributed by atoms with Crippen LogP contribution in [-0.2, 0) is 17.9 Å². The molecule has 27 heavy (non-hydrogen) atoms. The van der Waals surface area contributed by atoms with Crippen molar-refractivity contribution >= 4 is 11.9 Å². The number of aryl methyl sites for hydroxylation is 2. The van der Waals surface area contributed by atoms with Crippen molar-refractivity contribution in [3.8, 4) is 5.69 Å². The monoisotopic (exact) mass is 367 g/mol. The molecule has 1 aromatic carbocycles. The number of benzene rings is 1. The van der Waals surface area contributed by atoms with Crippen LogP contribution in [0, 0.1) is 13.8 Å². The number of aliphatic carboxylic acids is 1. The molecule has 140 valence electrons. The molecule has 2 heterocycles. The number of aromatic nitrogens is 4. The van der Waals surface area contributed by atoms with Crippen LogP contribution in [0.3, 0.4) is 0 Å². The lowest BCUT2D eigenvalue weighted by Gasteiger charge is -2.06. The van der Waals surface area contributed by atoms with Gasteiger partial charge in [0.05, 0.1) is 36.1 Å². The van der Waals surface area contributed by atoms with Gasteiger partial charge in [0.25, 0.3) is 5.91 Å². The molecule has 8 nitrogen and oxygen atoms in total. The molecule has 0 saturated heterocycles. The van der Waals surface area contributed by atoms with E-state index in [9.17, 15) is 9.59 Å². The van der Waals surface area contributed by atoms with Gasteiger partial charge in [-0.1, -0.05) is 18.2 Å². The largest absolute Gasteiger partial charge is 0.481 e. The van der Waals surface area contributed by atoms with E-state index >= 15 is 0 Å². The highest BCUT2D eigenvalue weighted by Crippen LogP contribution is 2.17. The average molecular weight is 367 g/mol. The summed E-state index contributed by atoms with van der Waals surface area (Å²) >= 11 is 0. The molecule has 0 aliphatic carbocycles. The standard InChI is InChI=1S/C19H21N5O3/c1-13-17(14(2)24(22-13)16-6-4-3-5-7-16)11-20-19(27)15-10-21-23(12-15)9-8-18(25)26/h3-7,10,12H,8-9,11H2,1-2H3,(H,20,27)(H,25,26). The molecule has 0 bridgehead atoms. The van der Waals surface area contributed by atoms with E-state index in [2.05, 4.69) is 15.5 Å². The van der Waals surface area contributed by atoms with E-state index in [0.717, 1.165) is 22.6 Å². The Hall–Kier alpha value is -3.42. The third kappa shape index (κ3) is 4.22. The van der Waals surface area contributed by atoms with Gasteiger partial charge in [0.15, 0.2) is 0 Å². The first-order valence-corrected chi connectivity index (χ1v) is 8.58. The lowest BCUT2D eigenvalue weighted by Crippen LogP contribution is -2.23. The topological polar surface area (TPSA) is 102 Å². The first-order valence-electron chi connectivity index (χ1n) is 8.58. The van der Waals surface area contributed by atoms with Gasteiger partial charge in [-0.15, -0.1) is 0 Å². The minimum Gasteiger partial charge on any atom is -0.481 e. The van der Waals surface area contributed by atoms with E-state index < -0.39 is 5.97 Å². The van der Waals surface area contributed by atoms with Crippen molar-refractivity contribution < 1.29 is 14.7 Å². The van der Waals surface area contributed by atoms with Crippen LogP contribution in [0.5, 0.6) is 0 Å². The molecule has 0 unspecified atom stereocenters. The van der Waals surface area contributed by atoms with Crippen LogP contribution in [-0.4, -0.2) is 36.5 Å². The minimum absolute atomic E-state index is 0.0419. The number of carbonyl (C=O) groups excluding carboxylic acids is 1. The number of hydrogen-bond acceptors (Lipinski definition) is 4. The van der Waals surface area contributed by atoms with E-state index in [1.165, 1.54) is 10.9 Å². The Morgan fingerprint density at radius 2 is 1.93 bits per heavy atom. The van der Waals surface area contributed by atoms with Gasteiger partial charge in [-0.25, -0.2) is 4.68 Å². The first kappa shape index (κ1) is 18.4.